The van der Waals surface area contributed by atoms with Gasteiger partial charge in [0, 0.05) is 11.6 Å². The van der Waals surface area contributed by atoms with Crippen molar-refractivity contribution in [3.05, 3.63) is 36.2 Å². The molecule has 4 heteroatoms. The molecule has 0 amide bonds. The van der Waals surface area contributed by atoms with E-state index in [1.807, 2.05) is 6.07 Å². The maximum Gasteiger partial charge on any atom is 0.144 e. The van der Waals surface area contributed by atoms with Crippen molar-refractivity contribution in [2.75, 3.05) is 0 Å². The minimum absolute atomic E-state index is 0.369. The van der Waals surface area contributed by atoms with Crippen molar-refractivity contribution in [3.63, 3.8) is 0 Å². The van der Waals surface area contributed by atoms with E-state index in [9.17, 15) is 0 Å². The summed E-state index contributed by atoms with van der Waals surface area (Å²) >= 11 is 0. The maximum atomic E-state index is 8.72. The fourth-order valence-electron chi connectivity index (χ4n) is 1.18. The normalized spacial score (nSPS) is 9.71. The zero-order valence-electron chi connectivity index (χ0n) is 7.56. The summed E-state index contributed by atoms with van der Waals surface area (Å²) in [5.41, 5.74) is 1.93. The van der Waals surface area contributed by atoms with Crippen LogP contribution in [0, 0.1) is 18.3 Å². The number of hydrogen-bond acceptors (Lipinski definition) is 4. The predicted octanol–water partition coefficient (Wildman–Crippen LogP) is 1.92. The van der Waals surface area contributed by atoms with Crippen molar-refractivity contribution in [2.45, 2.75) is 6.92 Å². The molecule has 0 aromatic carbocycles. The molecule has 0 aliphatic heterocycles. The molecule has 4 nitrogen and oxygen atoms in total. The van der Waals surface area contributed by atoms with Crippen LogP contribution in [0.1, 0.15) is 11.5 Å². The third-order valence-corrected chi connectivity index (χ3v) is 1.77. The molecule has 0 unspecified atom stereocenters. The molecule has 0 saturated heterocycles. The first-order chi connectivity index (χ1) is 6.79. The van der Waals surface area contributed by atoms with Gasteiger partial charge in [-0.2, -0.15) is 5.26 Å². The molecule has 2 aromatic heterocycles. The molecule has 0 aliphatic rings. The van der Waals surface area contributed by atoms with Crippen LogP contribution in [0.5, 0.6) is 0 Å². The second-order valence-electron chi connectivity index (χ2n) is 2.81. The molecule has 2 rings (SSSR count). The molecule has 0 aliphatic carbocycles. The fourth-order valence-corrected chi connectivity index (χ4v) is 1.18. The molecule has 0 saturated carbocycles. The summed E-state index contributed by atoms with van der Waals surface area (Å²) in [5, 5.41) is 8.72. The van der Waals surface area contributed by atoms with Gasteiger partial charge < -0.3 is 4.42 Å². The van der Waals surface area contributed by atoms with Crippen LogP contribution >= 0.6 is 0 Å². The van der Waals surface area contributed by atoms with Crippen molar-refractivity contribution < 1.29 is 4.42 Å². The Hall–Kier alpha value is -2.15. The molecular weight excluding hydrogens is 178 g/mol. The van der Waals surface area contributed by atoms with Crippen LogP contribution in [0.25, 0.3) is 11.3 Å². The van der Waals surface area contributed by atoms with E-state index < -0.39 is 0 Å². The zero-order chi connectivity index (χ0) is 9.97. The van der Waals surface area contributed by atoms with Crippen molar-refractivity contribution in [3.8, 4) is 17.3 Å². The largest absolute Gasteiger partial charge is 0.472 e. The Balaban J connectivity index is 2.55. The number of nitrogens with zero attached hydrogens (tertiary/aromatic N) is 3. The summed E-state index contributed by atoms with van der Waals surface area (Å²) < 4.78 is 4.94. The van der Waals surface area contributed by atoms with Gasteiger partial charge in [0.1, 0.15) is 17.6 Å². The van der Waals surface area contributed by atoms with Crippen molar-refractivity contribution in [2.24, 2.45) is 0 Å². The van der Waals surface area contributed by atoms with E-state index in [0.29, 0.717) is 17.2 Å². The van der Waals surface area contributed by atoms with Gasteiger partial charge in [-0.3, -0.25) is 0 Å². The molecule has 2 aromatic rings. The monoisotopic (exact) mass is 185 g/mol. The minimum atomic E-state index is 0.369. The lowest BCUT2D eigenvalue weighted by Crippen LogP contribution is -1.93. The second-order valence-corrected chi connectivity index (χ2v) is 2.81. The molecule has 0 spiro atoms. The van der Waals surface area contributed by atoms with E-state index in [0.717, 1.165) is 5.56 Å². The lowest BCUT2D eigenvalue weighted by molar-refractivity contribution is 0.568. The molecule has 0 N–H and O–H groups in total. The number of aryl methyl sites for hydroxylation is 1. The van der Waals surface area contributed by atoms with E-state index in [1.165, 1.54) is 0 Å². The van der Waals surface area contributed by atoms with E-state index in [1.54, 1.807) is 31.6 Å². The molecule has 2 heterocycles. The first-order valence-electron chi connectivity index (χ1n) is 4.08. The van der Waals surface area contributed by atoms with E-state index >= 15 is 0 Å². The van der Waals surface area contributed by atoms with Gasteiger partial charge in [0.15, 0.2) is 0 Å². The standard InChI is InChI=1S/C10H7N3O/c1-7-12-9(5-11)4-10(13-7)8-2-3-14-6-8/h2-4,6H,1H3. The van der Waals surface area contributed by atoms with Gasteiger partial charge in [0.2, 0.25) is 0 Å². The van der Waals surface area contributed by atoms with Crippen LogP contribution < -0.4 is 0 Å². The van der Waals surface area contributed by atoms with Crippen LogP contribution in [0.15, 0.2) is 29.1 Å². The fraction of sp³-hybridized carbons (Fsp3) is 0.100. The van der Waals surface area contributed by atoms with Crippen molar-refractivity contribution in [1.29, 1.82) is 5.26 Å². The smallest absolute Gasteiger partial charge is 0.144 e. The van der Waals surface area contributed by atoms with Gasteiger partial charge in [-0.15, -0.1) is 0 Å². The first kappa shape index (κ1) is 8.45. The van der Waals surface area contributed by atoms with Gasteiger partial charge in [0.05, 0.1) is 18.2 Å². The second kappa shape index (κ2) is 3.30. The Morgan fingerprint density at radius 2 is 2.29 bits per heavy atom. The van der Waals surface area contributed by atoms with Gasteiger partial charge >= 0.3 is 0 Å². The molecule has 14 heavy (non-hydrogen) atoms. The van der Waals surface area contributed by atoms with Crippen LogP contribution in [-0.2, 0) is 0 Å². The highest BCUT2D eigenvalue weighted by atomic mass is 16.3. The van der Waals surface area contributed by atoms with E-state index in [-0.39, 0.29) is 0 Å². The summed E-state index contributed by atoms with van der Waals surface area (Å²) in [7, 11) is 0. The topological polar surface area (TPSA) is 62.7 Å². The van der Waals surface area contributed by atoms with E-state index in [2.05, 4.69) is 9.97 Å². The minimum Gasteiger partial charge on any atom is -0.472 e. The average molecular weight is 185 g/mol. The van der Waals surface area contributed by atoms with Gasteiger partial charge in [-0.05, 0) is 13.0 Å². The number of furan rings is 1. The average Bonchev–Trinajstić information content (AvgIpc) is 2.69. The molecule has 0 bridgehead atoms. The SMILES string of the molecule is Cc1nc(C#N)cc(-c2ccoc2)n1. The van der Waals surface area contributed by atoms with Gasteiger partial charge in [0.25, 0.3) is 0 Å². The maximum absolute atomic E-state index is 8.72. The molecule has 0 atom stereocenters. The predicted molar refractivity (Wildman–Crippen MR) is 49.2 cm³/mol. The number of hydrogen-bond donors (Lipinski definition) is 0. The molecule has 0 fully saturated rings. The highest BCUT2D eigenvalue weighted by Crippen LogP contribution is 2.17. The zero-order valence-corrected chi connectivity index (χ0v) is 7.56. The number of nitriles is 1. The Labute approximate surface area is 80.8 Å². The summed E-state index contributed by atoms with van der Waals surface area (Å²) in [5.74, 6) is 0.584. The summed E-state index contributed by atoms with van der Waals surface area (Å²) in [6.45, 7) is 1.75. The third-order valence-electron chi connectivity index (χ3n) is 1.77. The first-order valence-corrected chi connectivity index (χ1v) is 4.08. The van der Waals surface area contributed by atoms with E-state index in [4.69, 9.17) is 9.68 Å². The van der Waals surface area contributed by atoms with Crippen LogP contribution in [0.4, 0.5) is 0 Å². The summed E-state index contributed by atoms with van der Waals surface area (Å²) in [4.78, 5) is 8.16. The molecule has 0 radical (unpaired) electrons. The lowest BCUT2D eigenvalue weighted by Gasteiger charge is -1.98. The Bertz CT molecular complexity index is 483. The van der Waals surface area contributed by atoms with Crippen LogP contribution in [-0.4, -0.2) is 9.97 Å². The third kappa shape index (κ3) is 1.48. The summed E-state index contributed by atoms with van der Waals surface area (Å²) in [6, 6.07) is 5.42. The highest BCUT2D eigenvalue weighted by molar-refractivity contribution is 5.58. The quantitative estimate of drug-likeness (QED) is 0.680. The lowest BCUT2D eigenvalue weighted by atomic mass is 10.2. The Morgan fingerprint density at radius 3 is 2.93 bits per heavy atom. The highest BCUT2D eigenvalue weighted by Gasteiger charge is 2.04. The Kier molecular flexibility index (Phi) is 1.99. The summed E-state index contributed by atoms with van der Waals surface area (Å²) in [6.07, 6.45) is 3.15. The van der Waals surface area contributed by atoms with Crippen molar-refractivity contribution >= 4 is 0 Å². The van der Waals surface area contributed by atoms with Crippen molar-refractivity contribution in [1.82, 2.24) is 9.97 Å². The van der Waals surface area contributed by atoms with Crippen LogP contribution in [0.3, 0.4) is 0 Å². The Morgan fingerprint density at radius 1 is 1.43 bits per heavy atom. The number of aromatic nitrogens is 2. The van der Waals surface area contributed by atoms with Gasteiger partial charge in [-0.1, -0.05) is 0 Å². The molecule has 68 valence electrons. The van der Waals surface area contributed by atoms with Gasteiger partial charge in [-0.25, -0.2) is 9.97 Å². The molecular formula is C10H7N3O. The number of rotatable bonds is 1. The van der Waals surface area contributed by atoms with Crippen LogP contribution in [0.2, 0.25) is 0 Å².